The standard InChI is InChI=1S/C16H16F4N2O2/c17-12-6-10(5-11(8-12)16(18,19)20)7-13-9-14(1-3-21-13)22-15(23)2-4-24-22/h2,4-6,8,13-14,21H,1,3,7,9H2/t13-,14+/m0/s1. The Hall–Kier alpha value is -2.09. The van der Waals surface area contributed by atoms with E-state index < -0.39 is 17.6 Å². The summed E-state index contributed by atoms with van der Waals surface area (Å²) >= 11 is 0. The van der Waals surface area contributed by atoms with Crippen LogP contribution < -0.4 is 10.9 Å². The van der Waals surface area contributed by atoms with Crippen LogP contribution in [0.5, 0.6) is 0 Å². The van der Waals surface area contributed by atoms with Crippen LogP contribution in [0.2, 0.25) is 0 Å². The van der Waals surface area contributed by atoms with Crippen LogP contribution in [-0.2, 0) is 12.6 Å². The van der Waals surface area contributed by atoms with Gasteiger partial charge in [-0.15, -0.1) is 0 Å². The van der Waals surface area contributed by atoms with Gasteiger partial charge in [0.05, 0.1) is 11.6 Å². The normalized spacial score (nSPS) is 21.8. The average Bonchev–Trinajstić information content (AvgIpc) is 2.92. The van der Waals surface area contributed by atoms with E-state index in [0.717, 1.165) is 12.1 Å². The van der Waals surface area contributed by atoms with Gasteiger partial charge in [0.25, 0.3) is 5.56 Å². The van der Waals surface area contributed by atoms with Gasteiger partial charge in [-0.1, -0.05) is 0 Å². The lowest BCUT2D eigenvalue weighted by atomic mass is 9.93. The smallest absolute Gasteiger partial charge is 0.384 e. The number of hydrogen-bond acceptors (Lipinski definition) is 3. The third-order valence-corrected chi connectivity index (χ3v) is 4.17. The van der Waals surface area contributed by atoms with Crippen LogP contribution in [0, 0.1) is 5.82 Å². The maximum atomic E-state index is 13.5. The SMILES string of the molecule is O=c1ccon1[C@@H]1CCN[C@@H](Cc2cc(F)cc(C(F)(F)F)c2)C1. The van der Waals surface area contributed by atoms with Gasteiger partial charge in [0, 0.05) is 12.1 Å². The van der Waals surface area contributed by atoms with E-state index in [1.54, 1.807) is 0 Å². The third kappa shape index (κ3) is 3.69. The molecule has 1 saturated heterocycles. The number of alkyl halides is 3. The van der Waals surface area contributed by atoms with Crippen molar-refractivity contribution in [3.8, 4) is 0 Å². The summed E-state index contributed by atoms with van der Waals surface area (Å²) in [5.41, 5.74) is -0.967. The van der Waals surface area contributed by atoms with E-state index >= 15 is 0 Å². The molecular weight excluding hydrogens is 328 g/mol. The predicted octanol–water partition coefficient (Wildman–Crippen LogP) is 3.14. The first-order valence-electron chi connectivity index (χ1n) is 7.59. The summed E-state index contributed by atoms with van der Waals surface area (Å²) in [6.07, 6.45) is -1.83. The molecule has 0 bridgehead atoms. The molecule has 1 fully saturated rings. The van der Waals surface area contributed by atoms with Crippen molar-refractivity contribution in [3.63, 3.8) is 0 Å². The summed E-state index contributed by atoms with van der Waals surface area (Å²) in [4.78, 5) is 11.7. The van der Waals surface area contributed by atoms with Crippen molar-refractivity contribution in [2.45, 2.75) is 37.5 Å². The molecule has 1 aliphatic heterocycles. The Kier molecular flexibility index (Phi) is 4.49. The first kappa shape index (κ1) is 16.8. The second-order valence-electron chi connectivity index (χ2n) is 5.95. The summed E-state index contributed by atoms with van der Waals surface area (Å²) < 4.78 is 58.3. The van der Waals surface area contributed by atoms with Crippen molar-refractivity contribution < 1.29 is 22.1 Å². The Balaban J connectivity index is 1.75. The molecule has 2 aromatic rings. The van der Waals surface area contributed by atoms with E-state index in [4.69, 9.17) is 4.52 Å². The zero-order valence-corrected chi connectivity index (χ0v) is 12.6. The highest BCUT2D eigenvalue weighted by Gasteiger charge is 2.32. The molecule has 0 aliphatic carbocycles. The number of piperidine rings is 1. The highest BCUT2D eigenvalue weighted by molar-refractivity contribution is 5.27. The van der Waals surface area contributed by atoms with Crippen LogP contribution in [0.1, 0.15) is 30.0 Å². The van der Waals surface area contributed by atoms with Gasteiger partial charge in [-0.25, -0.2) is 4.39 Å². The topological polar surface area (TPSA) is 47.2 Å². The number of nitrogens with one attached hydrogen (secondary N) is 1. The minimum absolute atomic E-state index is 0.158. The number of rotatable bonds is 3. The minimum Gasteiger partial charge on any atom is -0.384 e. The van der Waals surface area contributed by atoms with Crippen LogP contribution in [0.4, 0.5) is 17.6 Å². The molecule has 2 heterocycles. The molecule has 3 rings (SSSR count). The van der Waals surface area contributed by atoms with Gasteiger partial charge in [-0.05, 0) is 49.6 Å². The fourth-order valence-electron chi connectivity index (χ4n) is 3.11. The monoisotopic (exact) mass is 344 g/mol. The Bertz CT molecular complexity index is 766. The van der Waals surface area contributed by atoms with Gasteiger partial charge in [0.1, 0.15) is 12.1 Å². The van der Waals surface area contributed by atoms with Crippen LogP contribution >= 0.6 is 0 Å². The van der Waals surface area contributed by atoms with Gasteiger partial charge in [0.15, 0.2) is 0 Å². The number of hydrogen-bond donors (Lipinski definition) is 1. The number of benzene rings is 1. The maximum Gasteiger partial charge on any atom is 0.416 e. The number of halogens is 4. The summed E-state index contributed by atoms with van der Waals surface area (Å²) in [5.74, 6) is -0.908. The van der Waals surface area contributed by atoms with Crippen LogP contribution in [0.15, 0.2) is 39.8 Å². The molecule has 0 amide bonds. The predicted molar refractivity (Wildman–Crippen MR) is 78.1 cm³/mol. The fraction of sp³-hybridized carbons (Fsp3) is 0.438. The van der Waals surface area contributed by atoms with E-state index in [1.165, 1.54) is 17.1 Å². The highest BCUT2D eigenvalue weighted by atomic mass is 19.4. The van der Waals surface area contributed by atoms with Crippen molar-refractivity contribution >= 4 is 0 Å². The molecule has 4 nitrogen and oxygen atoms in total. The molecule has 130 valence electrons. The second-order valence-corrected chi connectivity index (χ2v) is 5.95. The molecule has 0 unspecified atom stereocenters. The van der Waals surface area contributed by atoms with Gasteiger partial charge in [0.2, 0.25) is 0 Å². The molecular formula is C16H16F4N2O2. The quantitative estimate of drug-likeness (QED) is 0.871. The van der Waals surface area contributed by atoms with Crippen molar-refractivity contribution in [2.75, 3.05) is 6.54 Å². The summed E-state index contributed by atoms with van der Waals surface area (Å²) in [6.45, 7) is 0.601. The van der Waals surface area contributed by atoms with E-state index in [9.17, 15) is 22.4 Å². The van der Waals surface area contributed by atoms with Gasteiger partial charge >= 0.3 is 6.18 Å². The summed E-state index contributed by atoms with van der Waals surface area (Å²) in [5, 5.41) is 3.20. The van der Waals surface area contributed by atoms with Crippen LogP contribution in [0.25, 0.3) is 0 Å². The third-order valence-electron chi connectivity index (χ3n) is 4.17. The van der Waals surface area contributed by atoms with Crippen molar-refractivity contribution in [2.24, 2.45) is 0 Å². The lowest BCUT2D eigenvalue weighted by Crippen LogP contribution is -2.41. The van der Waals surface area contributed by atoms with Crippen molar-refractivity contribution in [1.29, 1.82) is 0 Å². The van der Waals surface area contributed by atoms with Gasteiger partial charge < -0.3 is 9.84 Å². The van der Waals surface area contributed by atoms with Crippen molar-refractivity contribution in [1.82, 2.24) is 10.1 Å². The molecule has 0 spiro atoms. The fourth-order valence-corrected chi connectivity index (χ4v) is 3.11. The van der Waals surface area contributed by atoms with Crippen LogP contribution in [0.3, 0.4) is 0 Å². The minimum atomic E-state index is -4.58. The van der Waals surface area contributed by atoms with Crippen LogP contribution in [-0.4, -0.2) is 17.3 Å². The Morgan fingerprint density at radius 3 is 2.75 bits per heavy atom. The number of aromatic nitrogens is 1. The Labute approximate surface area is 135 Å². The zero-order valence-electron chi connectivity index (χ0n) is 12.6. The Morgan fingerprint density at radius 1 is 1.29 bits per heavy atom. The van der Waals surface area contributed by atoms with Crippen molar-refractivity contribution in [3.05, 3.63) is 57.8 Å². The maximum absolute atomic E-state index is 13.5. The van der Waals surface area contributed by atoms with Gasteiger partial charge in [-0.2, -0.15) is 17.9 Å². The summed E-state index contributed by atoms with van der Waals surface area (Å²) in [6, 6.07) is 3.56. The van der Waals surface area contributed by atoms with E-state index in [0.29, 0.717) is 25.5 Å². The Morgan fingerprint density at radius 2 is 2.08 bits per heavy atom. The van der Waals surface area contributed by atoms with Gasteiger partial charge in [-0.3, -0.25) is 4.79 Å². The lowest BCUT2D eigenvalue weighted by Gasteiger charge is -2.30. The molecule has 0 radical (unpaired) electrons. The number of nitrogens with zero attached hydrogens (tertiary/aromatic N) is 1. The highest BCUT2D eigenvalue weighted by Crippen LogP contribution is 2.31. The molecule has 2 atom stereocenters. The molecule has 1 aromatic heterocycles. The first-order valence-corrected chi connectivity index (χ1v) is 7.59. The zero-order chi connectivity index (χ0) is 17.3. The van der Waals surface area contributed by atoms with E-state index in [2.05, 4.69) is 5.32 Å². The van der Waals surface area contributed by atoms with E-state index in [-0.39, 0.29) is 29.6 Å². The second kappa shape index (κ2) is 6.43. The first-order chi connectivity index (χ1) is 11.3. The molecule has 24 heavy (non-hydrogen) atoms. The lowest BCUT2D eigenvalue weighted by molar-refractivity contribution is -0.137. The molecule has 8 heteroatoms. The average molecular weight is 344 g/mol. The largest absolute Gasteiger partial charge is 0.416 e. The molecule has 1 N–H and O–H groups in total. The molecule has 0 saturated carbocycles. The molecule has 1 aromatic carbocycles. The summed E-state index contributed by atoms with van der Waals surface area (Å²) in [7, 11) is 0. The van der Waals surface area contributed by atoms with E-state index in [1.807, 2.05) is 0 Å². The molecule has 1 aliphatic rings.